The maximum atomic E-state index is 13.4. The first-order valence-corrected chi connectivity index (χ1v) is 5.13. The van der Waals surface area contributed by atoms with Crippen LogP contribution in [-0.4, -0.2) is 20.8 Å². The standard InChI is InChI=1S/C10H4ClF4N3O/c11-9-16-1-7(12)8(17-9)18-2-5(4-19)6(3-18)10(13,14)15/h1-4H. The Hall–Kier alpha value is -1.96. The number of carbonyl (C=O) groups is 1. The lowest BCUT2D eigenvalue weighted by Crippen LogP contribution is -2.06. The summed E-state index contributed by atoms with van der Waals surface area (Å²) in [5, 5.41) is -0.327. The van der Waals surface area contributed by atoms with Gasteiger partial charge >= 0.3 is 6.18 Å². The number of alkyl halides is 3. The second-order valence-corrected chi connectivity index (χ2v) is 3.80. The van der Waals surface area contributed by atoms with Crippen molar-refractivity contribution in [2.45, 2.75) is 6.18 Å². The molecule has 0 N–H and O–H groups in total. The van der Waals surface area contributed by atoms with E-state index in [-0.39, 0.29) is 11.6 Å². The van der Waals surface area contributed by atoms with Gasteiger partial charge in [0.25, 0.3) is 0 Å². The molecule has 2 heterocycles. The molecule has 2 aromatic rings. The van der Waals surface area contributed by atoms with Crippen molar-refractivity contribution in [2.75, 3.05) is 0 Å². The van der Waals surface area contributed by atoms with Crippen LogP contribution in [0.2, 0.25) is 5.28 Å². The molecular weight excluding hydrogens is 290 g/mol. The highest BCUT2D eigenvalue weighted by Crippen LogP contribution is 2.32. The molecule has 0 unspecified atom stereocenters. The molecule has 9 heteroatoms. The van der Waals surface area contributed by atoms with Crippen molar-refractivity contribution in [3.63, 3.8) is 0 Å². The van der Waals surface area contributed by atoms with E-state index in [1.807, 2.05) is 0 Å². The maximum Gasteiger partial charge on any atom is 0.418 e. The minimum Gasteiger partial charge on any atom is -0.305 e. The molecule has 0 aliphatic heterocycles. The van der Waals surface area contributed by atoms with Gasteiger partial charge in [-0.15, -0.1) is 0 Å². The number of aldehydes is 1. The molecule has 0 bridgehead atoms. The van der Waals surface area contributed by atoms with E-state index in [2.05, 4.69) is 9.97 Å². The van der Waals surface area contributed by atoms with Crippen LogP contribution < -0.4 is 0 Å². The molecule has 0 aromatic carbocycles. The predicted molar refractivity (Wildman–Crippen MR) is 56.7 cm³/mol. The van der Waals surface area contributed by atoms with Gasteiger partial charge in [0.15, 0.2) is 17.9 Å². The molecule has 0 fully saturated rings. The lowest BCUT2D eigenvalue weighted by molar-refractivity contribution is -0.137. The summed E-state index contributed by atoms with van der Waals surface area (Å²) < 4.78 is 52.0. The molecule has 0 saturated heterocycles. The second-order valence-electron chi connectivity index (χ2n) is 3.46. The summed E-state index contributed by atoms with van der Waals surface area (Å²) in [4.78, 5) is 17.4. The number of hydrogen-bond acceptors (Lipinski definition) is 3. The van der Waals surface area contributed by atoms with E-state index >= 15 is 0 Å². The number of halogens is 5. The SMILES string of the molecule is O=Cc1cn(-c2nc(Cl)ncc2F)cc1C(F)(F)F. The molecule has 4 nitrogen and oxygen atoms in total. The molecule has 0 atom stereocenters. The third-order valence-electron chi connectivity index (χ3n) is 2.23. The lowest BCUT2D eigenvalue weighted by atomic mass is 10.2. The monoisotopic (exact) mass is 293 g/mol. The van der Waals surface area contributed by atoms with E-state index in [0.717, 1.165) is 17.0 Å². The van der Waals surface area contributed by atoms with E-state index in [1.54, 1.807) is 0 Å². The zero-order chi connectivity index (χ0) is 14.2. The van der Waals surface area contributed by atoms with Gasteiger partial charge in [0.1, 0.15) is 0 Å². The molecule has 2 rings (SSSR count). The Kier molecular flexibility index (Phi) is 3.27. The topological polar surface area (TPSA) is 47.8 Å². The van der Waals surface area contributed by atoms with Gasteiger partial charge in [-0.3, -0.25) is 4.79 Å². The smallest absolute Gasteiger partial charge is 0.305 e. The Morgan fingerprint density at radius 2 is 2.00 bits per heavy atom. The fraction of sp³-hybridized carbons (Fsp3) is 0.100. The first kappa shape index (κ1) is 13.5. The number of hydrogen-bond donors (Lipinski definition) is 0. The van der Waals surface area contributed by atoms with E-state index in [4.69, 9.17) is 11.6 Å². The van der Waals surface area contributed by atoms with Crippen LogP contribution in [0.4, 0.5) is 17.6 Å². The third-order valence-corrected chi connectivity index (χ3v) is 2.41. The van der Waals surface area contributed by atoms with E-state index in [9.17, 15) is 22.4 Å². The quantitative estimate of drug-likeness (QED) is 0.486. The highest BCUT2D eigenvalue weighted by atomic mass is 35.5. The summed E-state index contributed by atoms with van der Waals surface area (Å²) >= 11 is 5.44. The van der Waals surface area contributed by atoms with Crippen LogP contribution in [0.1, 0.15) is 15.9 Å². The van der Waals surface area contributed by atoms with Gasteiger partial charge in [-0.05, 0) is 11.6 Å². The van der Waals surface area contributed by atoms with Crippen molar-refractivity contribution in [2.24, 2.45) is 0 Å². The average Bonchev–Trinajstić information content (AvgIpc) is 2.76. The van der Waals surface area contributed by atoms with Crippen LogP contribution in [0.15, 0.2) is 18.6 Å². The normalized spacial score (nSPS) is 11.6. The van der Waals surface area contributed by atoms with Crippen LogP contribution in [0.5, 0.6) is 0 Å². The maximum absolute atomic E-state index is 13.4. The van der Waals surface area contributed by atoms with Gasteiger partial charge in [-0.2, -0.15) is 18.2 Å². The van der Waals surface area contributed by atoms with Crippen LogP contribution >= 0.6 is 11.6 Å². The highest BCUT2D eigenvalue weighted by molar-refractivity contribution is 6.28. The first-order chi connectivity index (χ1) is 8.82. The molecule has 0 aliphatic carbocycles. The minimum absolute atomic E-state index is 0.0278. The Morgan fingerprint density at radius 3 is 2.53 bits per heavy atom. The second kappa shape index (κ2) is 4.61. The van der Waals surface area contributed by atoms with E-state index < -0.39 is 28.9 Å². The third kappa shape index (κ3) is 2.58. The summed E-state index contributed by atoms with van der Waals surface area (Å²) in [6.07, 6.45) is -2.60. The van der Waals surface area contributed by atoms with Crippen molar-refractivity contribution >= 4 is 17.9 Å². The van der Waals surface area contributed by atoms with Gasteiger partial charge in [-0.1, -0.05) is 0 Å². The zero-order valence-corrected chi connectivity index (χ0v) is 9.71. The summed E-state index contributed by atoms with van der Waals surface area (Å²) in [5.74, 6) is -1.44. The van der Waals surface area contributed by atoms with Crippen molar-refractivity contribution in [1.82, 2.24) is 14.5 Å². The molecule has 0 saturated carbocycles. The van der Waals surface area contributed by atoms with Gasteiger partial charge in [0.2, 0.25) is 5.28 Å². The minimum atomic E-state index is -4.73. The van der Waals surface area contributed by atoms with E-state index in [1.165, 1.54) is 0 Å². The summed E-state index contributed by atoms with van der Waals surface area (Å²) in [6, 6.07) is 0. The lowest BCUT2D eigenvalue weighted by Gasteiger charge is -2.04. The van der Waals surface area contributed by atoms with Gasteiger partial charge in [0.05, 0.1) is 11.8 Å². The number of carbonyl (C=O) groups excluding carboxylic acids is 1. The number of nitrogens with zero attached hydrogens (tertiary/aromatic N) is 3. The van der Waals surface area contributed by atoms with Crippen LogP contribution in [-0.2, 0) is 6.18 Å². The molecule has 0 amide bonds. The fourth-order valence-corrected chi connectivity index (χ4v) is 1.57. The highest BCUT2D eigenvalue weighted by Gasteiger charge is 2.35. The van der Waals surface area contributed by atoms with Crippen molar-refractivity contribution in [1.29, 1.82) is 0 Å². The van der Waals surface area contributed by atoms with E-state index in [0.29, 0.717) is 6.20 Å². The fourth-order valence-electron chi connectivity index (χ4n) is 1.44. The van der Waals surface area contributed by atoms with Gasteiger partial charge < -0.3 is 4.57 Å². The molecule has 0 spiro atoms. The molecule has 2 aromatic heterocycles. The van der Waals surface area contributed by atoms with Gasteiger partial charge in [-0.25, -0.2) is 9.37 Å². The van der Waals surface area contributed by atoms with Crippen LogP contribution in [0.25, 0.3) is 5.82 Å². The summed E-state index contributed by atoms with van der Waals surface area (Å²) in [5.41, 5.74) is -1.81. The largest absolute Gasteiger partial charge is 0.418 e. The number of rotatable bonds is 2. The summed E-state index contributed by atoms with van der Waals surface area (Å²) in [7, 11) is 0. The van der Waals surface area contributed by atoms with Crippen molar-refractivity contribution in [3.05, 3.63) is 40.8 Å². The Labute approximate surface area is 108 Å². The molecule has 19 heavy (non-hydrogen) atoms. The van der Waals surface area contributed by atoms with Gasteiger partial charge in [0, 0.05) is 18.0 Å². The predicted octanol–water partition coefficient (Wildman–Crippen LogP) is 2.89. The van der Waals surface area contributed by atoms with Crippen LogP contribution in [0.3, 0.4) is 0 Å². The van der Waals surface area contributed by atoms with Crippen molar-refractivity contribution in [3.8, 4) is 5.82 Å². The molecule has 100 valence electrons. The first-order valence-electron chi connectivity index (χ1n) is 4.75. The molecule has 0 aliphatic rings. The Morgan fingerprint density at radius 1 is 1.32 bits per heavy atom. The zero-order valence-electron chi connectivity index (χ0n) is 8.95. The van der Waals surface area contributed by atoms with Crippen LogP contribution in [0, 0.1) is 5.82 Å². The number of aromatic nitrogens is 3. The Bertz CT molecular complexity index is 638. The molecule has 0 radical (unpaired) electrons. The molecular formula is C10H4ClF4N3O. The summed E-state index contributed by atoms with van der Waals surface area (Å²) in [6.45, 7) is 0. The average molecular weight is 294 g/mol. The van der Waals surface area contributed by atoms with Crippen molar-refractivity contribution < 1.29 is 22.4 Å². The Balaban J connectivity index is 2.61.